The largest absolute Gasteiger partial charge is 0.494 e. The summed E-state index contributed by atoms with van der Waals surface area (Å²) in [4.78, 5) is 52.8. The van der Waals surface area contributed by atoms with E-state index in [0.29, 0.717) is 37.2 Å². The molecule has 0 amide bonds. The summed E-state index contributed by atoms with van der Waals surface area (Å²) >= 11 is 0. The third-order valence-corrected chi connectivity index (χ3v) is 13.2. The van der Waals surface area contributed by atoms with Crippen LogP contribution in [0.3, 0.4) is 0 Å². The number of hydrogen-bond acceptors (Lipinski definition) is 14. The third-order valence-electron chi connectivity index (χ3n) is 13.2. The van der Waals surface area contributed by atoms with E-state index in [0.717, 1.165) is 68.5 Å². The molecule has 14 heteroatoms. The van der Waals surface area contributed by atoms with E-state index in [4.69, 9.17) is 38.4 Å². The summed E-state index contributed by atoms with van der Waals surface area (Å²) in [6, 6.07) is 29.0. The van der Waals surface area contributed by atoms with Gasteiger partial charge in [-0.15, -0.1) is 0 Å². The Balaban J connectivity index is 1.24. The number of esters is 4. The Kier molecular flexibility index (Phi) is 28.1. The lowest BCUT2D eigenvalue weighted by Crippen LogP contribution is -2.40. The third kappa shape index (κ3) is 23.4. The number of aryl methyl sites for hydroxylation is 1. The Bertz CT molecular complexity index is 2500. The van der Waals surface area contributed by atoms with Gasteiger partial charge in [0.2, 0.25) is 6.29 Å². The minimum Gasteiger partial charge on any atom is -0.494 e. The molecule has 0 fully saturated rings. The Morgan fingerprint density at radius 3 is 1.91 bits per heavy atom. The zero-order valence-electron chi connectivity index (χ0n) is 46.8. The normalized spacial score (nSPS) is 12.6. The number of benzene rings is 4. The standard InChI is InChI=1S/C63H83N3O11/c1-8-11-13-14-15-16-20-25-58(75-54-36-30-50(31-37-54)59(68)76-55-40-28-49(46-56(55)71-7)29-41-57(67)73-45-23-42-64)77-60(69)62(4,5)47-63(6,10-3)61(70)74-44-22-18-17-21-43-72-53-38-34-52(35-39-53)66-65-51-32-26-48(27-33-51)24-19-12-9-2/h26-41,46,58H,8-25,43-45,47H2,1-7H3/b41-29+,66-65?. The van der Waals surface area contributed by atoms with Crippen LogP contribution in [0.4, 0.5) is 11.4 Å². The molecule has 0 radical (unpaired) electrons. The number of carbonyl (C=O) groups is 4. The second-order valence-electron chi connectivity index (χ2n) is 20.3. The number of nitrogens with zero attached hydrogens (tertiary/aromatic N) is 3. The summed E-state index contributed by atoms with van der Waals surface area (Å²) in [5.41, 5.74) is 1.77. The molecule has 416 valence electrons. The fourth-order valence-corrected chi connectivity index (χ4v) is 8.46. The maximum atomic E-state index is 14.0. The average molecular weight is 1060 g/mol. The fourth-order valence-electron chi connectivity index (χ4n) is 8.46. The summed E-state index contributed by atoms with van der Waals surface area (Å²) in [6.45, 7) is 12.6. The van der Waals surface area contributed by atoms with Crippen LogP contribution in [0.2, 0.25) is 0 Å². The van der Waals surface area contributed by atoms with Gasteiger partial charge in [-0.2, -0.15) is 15.5 Å². The number of unbranched alkanes of at least 4 members (excludes halogenated alkanes) is 11. The molecule has 0 aliphatic carbocycles. The maximum absolute atomic E-state index is 14.0. The lowest BCUT2D eigenvalue weighted by atomic mass is 9.72. The Morgan fingerprint density at radius 2 is 1.26 bits per heavy atom. The van der Waals surface area contributed by atoms with Crippen molar-refractivity contribution in [2.75, 3.05) is 26.9 Å². The molecular formula is C63H83N3O11. The van der Waals surface area contributed by atoms with Crippen molar-refractivity contribution in [2.24, 2.45) is 21.1 Å². The van der Waals surface area contributed by atoms with E-state index in [1.165, 1.54) is 63.4 Å². The van der Waals surface area contributed by atoms with Crippen molar-refractivity contribution in [3.05, 3.63) is 114 Å². The van der Waals surface area contributed by atoms with Gasteiger partial charge in [-0.05, 0) is 169 Å². The van der Waals surface area contributed by atoms with Gasteiger partial charge >= 0.3 is 23.9 Å². The lowest BCUT2D eigenvalue weighted by molar-refractivity contribution is -0.179. The molecule has 4 aromatic carbocycles. The van der Waals surface area contributed by atoms with Crippen LogP contribution < -0.4 is 18.9 Å². The SMILES string of the molecule is CCCCCCCCCC(OC(=O)C(C)(C)CC(C)(CC)C(=O)OCCCCCCOc1ccc(N=Nc2ccc(CCCCC)cc2)cc1)Oc1ccc(C(=O)Oc2ccc(/C=C/C(=O)OCCC#N)cc2OC)cc1. The van der Waals surface area contributed by atoms with E-state index in [1.807, 2.05) is 56.3 Å². The van der Waals surface area contributed by atoms with Crippen LogP contribution in [0.25, 0.3) is 6.08 Å². The van der Waals surface area contributed by atoms with Crippen LogP contribution in [0.1, 0.15) is 179 Å². The lowest BCUT2D eigenvalue weighted by Gasteiger charge is -2.34. The summed E-state index contributed by atoms with van der Waals surface area (Å²) in [6.07, 6.45) is 18.7. The maximum Gasteiger partial charge on any atom is 0.343 e. The van der Waals surface area contributed by atoms with Gasteiger partial charge in [0, 0.05) is 12.5 Å². The molecule has 0 N–H and O–H groups in total. The first kappa shape index (κ1) is 62.5. The first-order chi connectivity index (χ1) is 37.2. The molecule has 0 saturated heterocycles. The monoisotopic (exact) mass is 1060 g/mol. The number of ether oxygens (including phenoxy) is 7. The molecule has 0 aliphatic heterocycles. The first-order valence-corrected chi connectivity index (χ1v) is 27.7. The van der Waals surface area contributed by atoms with Crippen molar-refractivity contribution in [3.63, 3.8) is 0 Å². The van der Waals surface area contributed by atoms with Crippen molar-refractivity contribution in [1.82, 2.24) is 0 Å². The van der Waals surface area contributed by atoms with Crippen molar-refractivity contribution in [2.45, 2.75) is 170 Å². The van der Waals surface area contributed by atoms with Gasteiger partial charge in [0.05, 0.1) is 60.6 Å². The molecule has 0 spiro atoms. The molecule has 4 aromatic rings. The number of hydrogen-bond donors (Lipinski definition) is 0. The van der Waals surface area contributed by atoms with E-state index in [9.17, 15) is 19.2 Å². The highest BCUT2D eigenvalue weighted by Gasteiger charge is 2.43. The minimum absolute atomic E-state index is 0.00164. The van der Waals surface area contributed by atoms with E-state index in [1.54, 1.807) is 56.3 Å². The van der Waals surface area contributed by atoms with E-state index in [-0.39, 0.29) is 49.1 Å². The van der Waals surface area contributed by atoms with Crippen molar-refractivity contribution in [3.8, 4) is 29.1 Å². The predicted octanol–water partition coefficient (Wildman–Crippen LogP) is 15.9. The molecule has 4 rings (SSSR count). The van der Waals surface area contributed by atoms with Crippen LogP contribution in [-0.4, -0.2) is 57.1 Å². The zero-order valence-corrected chi connectivity index (χ0v) is 46.8. The smallest absolute Gasteiger partial charge is 0.343 e. The molecule has 14 nitrogen and oxygen atoms in total. The van der Waals surface area contributed by atoms with Crippen molar-refractivity contribution in [1.29, 1.82) is 5.26 Å². The molecule has 0 saturated carbocycles. The molecule has 0 bridgehead atoms. The fraction of sp³-hybridized carbons (Fsp3) is 0.508. The number of rotatable bonds is 37. The Labute approximate surface area is 457 Å². The van der Waals surface area contributed by atoms with Gasteiger partial charge in [-0.3, -0.25) is 9.59 Å². The van der Waals surface area contributed by atoms with Crippen LogP contribution in [0.5, 0.6) is 23.0 Å². The van der Waals surface area contributed by atoms with Crippen LogP contribution in [-0.2, 0) is 35.0 Å². The zero-order chi connectivity index (χ0) is 55.7. The highest BCUT2D eigenvalue weighted by atomic mass is 16.7. The van der Waals surface area contributed by atoms with Crippen LogP contribution in [0.15, 0.2) is 107 Å². The van der Waals surface area contributed by atoms with Gasteiger partial charge in [0.1, 0.15) is 18.1 Å². The van der Waals surface area contributed by atoms with Gasteiger partial charge in [0.25, 0.3) is 0 Å². The van der Waals surface area contributed by atoms with E-state index >= 15 is 0 Å². The minimum atomic E-state index is -1.05. The molecule has 0 aromatic heterocycles. The van der Waals surface area contributed by atoms with Crippen LogP contribution >= 0.6 is 0 Å². The topological polar surface area (TPSA) is 181 Å². The van der Waals surface area contributed by atoms with Crippen molar-refractivity contribution >= 4 is 41.3 Å². The van der Waals surface area contributed by atoms with Gasteiger partial charge in [0.15, 0.2) is 11.5 Å². The number of carbonyl (C=O) groups excluding carboxylic acids is 4. The molecular weight excluding hydrogens is 975 g/mol. The van der Waals surface area contributed by atoms with Crippen LogP contribution in [0, 0.1) is 22.2 Å². The second-order valence-corrected chi connectivity index (χ2v) is 20.3. The molecule has 77 heavy (non-hydrogen) atoms. The van der Waals surface area contributed by atoms with E-state index in [2.05, 4.69) is 36.2 Å². The first-order valence-electron chi connectivity index (χ1n) is 27.7. The summed E-state index contributed by atoms with van der Waals surface area (Å²) < 4.78 is 40.3. The summed E-state index contributed by atoms with van der Waals surface area (Å²) in [5.74, 6) is -0.440. The predicted molar refractivity (Wildman–Crippen MR) is 300 cm³/mol. The highest BCUT2D eigenvalue weighted by Crippen LogP contribution is 2.39. The highest BCUT2D eigenvalue weighted by molar-refractivity contribution is 5.92. The molecule has 0 heterocycles. The molecule has 0 aliphatic rings. The number of nitriles is 1. The Morgan fingerprint density at radius 1 is 0.649 bits per heavy atom. The molecule has 2 unspecified atom stereocenters. The Hall–Kier alpha value is -7.01. The average Bonchev–Trinajstić information content (AvgIpc) is 3.43. The number of azo groups is 1. The quantitative estimate of drug-likeness (QED) is 0.00794. The summed E-state index contributed by atoms with van der Waals surface area (Å²) in [7, 11) is 1.44. The van der Waals surface area contributed by atoms with Crippen molar-refractivity contribution < 1.29 is 52.3 Å². The van der Waals surface area contributed by atoms with E-state index < -0.39 is 35.0 Å². The molecule has 2 atom stereocenters. The van der Waals surface area contributed by atoms with Gasteiger partial charge < -0.3 is 33.2 Å². The number of methoxy groups -OCH3 is 1. The van der Waals surface area contributed by atoms with Gasteiger partial charge in [-0.1, -0.05) is 90.3 Å². The van der Waals surface area contributed by atoms with Gasteiger partial charge in [-0.25, -0.2) is 9.59 Å². The summed E-state index contributed by atoms with van der Waals surface area (Å²) in [5, 5.41) is 17.4. The second kappa shape index (κ2) is 34.6.